The van der Waals surface area contributed by atoms with Crippen LogP contribution in [-0.4, -0.2) is 39.8 Å². The van der Waals surface area contributed by atoms with Gasteiger partial charge in [0.2, 0.25) is 0 Å². The van der Waals surface area contributed by atoms with E-state index < -0.39 is 0 Å². The summed E-state index contributed by atoms with van der Waals surface area (Å²) in [7, 11) is 0. The molecule has 1 saturated heterocycles. The summed E-state index contributed by atoms with van der Waals surface area (Å²) in [5.74, 6) is 0.683. The average molecular weight is 383 g/mol. The maximum absolute atomic E-state index is 12.3. The molecule has 2 aromatic rings. The highest BCUT2D eigenvalue weighted by molar-refractivity contribution is 5.69. The lowest BCUT2D eigenvalue weighted by Gasteiger charge is -2.32. The number of ether oxygens (including phenoxy) is 2. The summed E-state index contributed by atoms with van der Waals surface area (Å²) in [5.41, 5.74) is 2.01. The van der Waals surface area contributed by atoms with Crippen molar-refractivity contribution < 1.29 is 19.1 Å². The molecule has 1 aliphatic carbocycles. The summed E-state index contributed by atoms with van der Waals surface area (Å²) in [6, 6.07) is 9.89. The second-order valence-electron chi connectivity index (χ2n) is 7.46. The van der Waals surface area contributed by atoms with Crippen LogP contribution in [0.25, 0.3) is 0 Å². The topological polar surface area (TPSA) is 73.7 Å². The Morgan fingerprint density at radius 2 is 1.82 bits per heavy atom. The van der Waals surface area contributed by atoms with Crippen LogP contribution in [0.3, 0.4) is 0 Å². The molecule has 0 radical (unpaired) electrons. The molecule has 1 aromatic heterocycles. The Morgan fingerprint density at radius 1 is 1.11 bits per heavy atom. The van der Waals surface area contributed by atoms with Crippen molar-refractivity contribution in [2.75, 3.05) is 13.1 Å². The van der Waals surface area contributed by atoms with Crippen LogP contribution in [0.2, 0.25) is 0 Å². The van der Waals surface area contributed by atoms with Crippen molar-refractivity contribution in [2.45, 2.75) is 51.2 Å². The lowest BCUT2D eigenvalue weighted by Crippen LogP contribution is -2.39. The van der Waals surface area contributed by atoms with Gasteiger partial charge in [-0.3, -0.25) is 9.48 Å². The molecular weight excluding hydrogens is 358 g/mol. The van der Waals surface area contributed by atoms with E-state index in [-0.39, 0.29) is 24.7 Å². The van der Waals surface area contributed by atoms with Gasteiger partial charge in [-0.1, -0.05) is 30.3 Å². The van der Waals surface area contributed by atoms with Gasteiger partial charge in [0, 0.05) is 25.9 Å². The maximum Gasteiger partial charge on any atom is 0.410 e. The average Bonchev–Trinajstić information content (AvgIpc) is 3.47. The predicted molar refractivity (Wildman–Crippen MR) is 102 cm³/mol. The van der Waals surface area contributed by atoms with E-state index in [4.69, 9.17) is 9.47 Å². The van der Waals surface area contributed by atoms with Crippen LogP contribution in [0.4, 0.5) is 4.79 Å². The third-order valence-electron chi connectivity index (χ3n) is 5.29. The van der Waals surface area contributed by atoms with Gasteiger partial charge in [-0.25, -0.2) is 4.79 Å². The normalized spacial score (nSPS) is 17.4. The van der Waals surface area contributed by atoms with E-state index in [0.717, 1.165) is 36.9 Å². The summed E-state index contributed by atoms with van der Waals surface area (Å²) in [4.78, 5) is 25.5. The summed E-state index contributed by atoms with van der Waals surface area (Å²) < 4.78 is 12.8. The number of rotatable bonds is 5. The van der Waals surface area contributed by atoms with Crippen molar-refractivity contribution in [3.63, 3.8) is 0 Å². The third kappa shape index (κ3) is 4.18. The van der Waals surface area contributed by atoms with Crippen LogP contribution in [0.5, 0.6) is 5.75 Å². The van der Waals surface area contributed by atoms with E-state index in [9.17, 15) is 9.59 Å². The zero-order valence-corrected chi connectivity index (χ0v) is 16.0. The molecule has 0 atom stereocenters. The molecule has 28 heavy (non-hydrogen) atoms. The standard InChI is InChI=1S/C21H25N3O4/c1-15(25)28-19-13-22-24(20(19)17-7-8-17)18-9-11-23(12-10-18)21(26)27-14-16-5-3-2-4-6-16/h2-6,13,17-18H,7-12,14H2,1H3. The quantitative estimate of drug-likeness (QED) is 0.737. The van der Waals surface area contributed by atoms with Crippen LogP contribution in [0.1, 0.15) is 55.8 Å². The number of hydrogen-bond acceptors (Lipinski definition) is 5. The van der Waals surface area contributed by atoms with Gasteiger partial charge in [-0.2, -0.15) is 5.10 Å². The molecule has 7 heteroatoms. The van der Waals surface area contributed by atoms with Gasteiger partial charge in [0.25, 0.3) is 0 Å². The Bertz CT molecular complexity index is 837. The fourth-order valence-corrected chi connectivity index (χ4v) is 3.73. The molecule has 0 N–H and O–H groups in total. The second-order valence-corrected chi connectivity index (χ2v) is 7.46. The summed E-state index contributed by atoms with van der Waals surface area (Å²) >= 11 is 0. The van der Waals surface area contributed by atoms with E-state index in [0.29, 0.717) is 24.8 Å². The molecule has 1 aromatic carbocycles. The van der Waals surface area contributed by atoms with Gasteiger partial charge in [0.15, 0.2) is 5.75 Å². The predicted octanol–water partition coefficient (Wildman–Crippen LogP) is 3.66. The minimum absolute atomic E-state index is 0.207. The summed E-state index contributed by atoms with van der Waals surface area (Å²) in [6.07, 6.45) is 5.19. The van der Waals surface area contributed by atoms with Gasteiger partial charge in [-0.15, -0.1) is 0 Å². The monoisotopic (exact) mass is 383 g/mol. The van der Waals surface area contributed by atoms with Crippen LogP contribution in [0.15, 0.2) is 36.5 Å². The molecule has 0 spiro atoms. The fourth-order valence-electron chi connectivity index (χ4n) is 3.73. The number of benzene rings is 1. The molecule has 0 bridgehead atoms. The minimum atomic E-state index is -0.322. The van der Waals surface area contributed by atoms with E-state index in [1.165, 1.54) is 6.92 Å². The first-order valence-corrected chi connectivity index (χ1v) is 9.83. The van der Waals surface area contributed by atoms with Crippen LogP contribution >= 0.6 is 0 Å². The number of piperidine rings is 1. The van der Waals surface area contributed by atoms with Crippen LogP contribution in [0, 0.1) is 0 Å². The number of aromatic nitrogens is 2. The minimum Gasteiger partial charge on any atom is -0.445 e. The number of esters is 1. The molecule has 148 valence electrons. The Morgan fingerprint density at radius 3 is 2.46 bits per heavy atom. The van der Waals surface area contributed by atoms with E-state index in [1.807, 2.05) is 35.0 Å². The Hall–Kier alpha value is -2.83. The van der Waals surface area contributed by atoms with Gasteiger partial charge in [0.05, 0.1) is 17.9 Å². The Balaban J connectivity index is 1.34. The fraction of sp³-hybridized carbons (Fsp3) is 0.476. The molecule has 2 fully saturated rings. The van der Waals surface area contributed by atoms with Gasteiger partial charge in [-0.05, 0) is 31.2 Å². The van der Waals surface area contributed by atoms with Crippen LogP contribution < -0.4 is 4.74 Å². The SMILES string of the molecule is CC(=O)Oc1cnn(C2CCN(C(=O)OCc3ccccc3)CC2)c1C1CC1. The van der Waals surface area contributed by atoms with Gasteiger partial charge in [0.1, 0.15) is 6.61 Å². The smallest absolute Gasteiger partial charge is 0.410 e. The molecule has 7 nitrogen and oxygen atoms in total. The van der Waals surface area contributed by atoms with Gasteiger partial charge >= 0.3 is 12.1 Å². The summed E-state index contributed by atoms with van der Waals surface area (Å²) in [6.45, 7) is 2.96. The number of nitrogens with zero attached hydrogens (tertiary/aromatic N) is 3. The van der Waals surface area contributed by atoms with Crippen molar-refractivity contribution in [1.29, 1.82) is 0 Å². The van der Waals surface area contributed by atoms with Crippen molar-refractivity contribution >= 4 is 12.1 Å². The van der Waals surface area contributed by atoms with Crippen molar-refractivity contribution in [1.82, 2.24) is 14.7 Å². The lowest BCUT2D eigenvalue weighted by atomic mass is 10.0. The molecule has 1 saturated carbocycles. The highest BCUT2D eigenvalue weighted by Gasteiger charge is 2.35. The molecular formula is C21H25N3O4. The van der Waals surface area contributed by atoms with Gasteiger partial charge < -0.3 is 14.4 Å². The van der Waals surface area contributed by atoms with E-state index >= 15 is 0 Å². The van der Waals surface area contributed by atoms with Crippen LogP contribution in [-0.2, 0) is 16.1 Å². The molecule has 4 rings (SSSR count). The van der Waals surface area contributed by atoms with Crippen molar-refractivity contribution in [3.8, 4) is 5.75 Å². The lowest BCUT2D eigenvalue weighted by molar-refractivity contribution is -0.131. The molecule has 2 heterocycles. The van der Waals surface area contributed by atoms with Crippen molar-refractivity contribution in [2.24, 2.45) is 0 Å². The summed E-state index contributed by atoms with van der Waals surface area (Å²) in [5, 5.41) is 4.50. The van der Waals surface area contributed by atoms with Crippen molar-refractivity contribution in [3.05, 3.63) is 47.8 Å². The first-order chi connectivity index (χ1) is 13.6. The van der Waals surface area contributed by atoms with E-state index in [2.05, 4.69) is 5.10 Å². The first-order valence-electron chi connectivity index (χ1n) is 9.83. The zero-order chi connectivity index (χ0) is 19.5. The zero-order valence-electron chi connectivity index (χ0n) is 16.0. The molecule has 2 aliphatic rings. The largest absolute Gasteiger partial charge is 0.445 e. The highest BCUT2D eigenvalue weighted by Crippen LogP contribution is 2.46. The molecule has 0 unspecified atom stereocenters. The Labute approximate surface area is 164 Å². The second kappa shape index (κ2) is 8.04. The highest BCUT2D eigenvalue weighted by atomic mass is 16.6. The first kappa shape index (κ1) is 18.5. The number of carbonyl (C=O) groups excluding carboxylic acids is 2. The molecule has 1 aliphatic heterocycles. The Kier molecular flexibility index (Phi) is 5.32. The number of hydrogen-bond donors (Lipinski definition) is 0. The number of carbonyl (C=O) groups is 2. The number of likely N-dealkylation sites (tertiary alicyclic amines) is 1. The molecule has 1 amide bonds. The maximum atomic E-state index is 12.3. The third-order valence-corrected chi connectivity index (χ3v) is 5.29. The van der Waals surface area contributed by atoms with E-state index in [1.54, 1.807) is 11.1 Å². The number of amides is 1.